The summed E-state index contributed by atoms with van der Waals surface area (Å²) in [6, 6.07) is 1.92. The van der Waals surface area contributed by atoms with Gasteiger partial charge in [0.2, 0.25) is 0 Å². The van der Waals surface area contributed by atoms with E-state index in [0.717, 1.165) is 11.1 Å². The molecule has 1 amide bonds. The number of hydrogen-bond acceptors (Lipinski definition) is 6. The van der Waals surface area contributed by atoms with Crippen LogP contribution in [-0.2, 0) is 21.2 Å². The molecule has 3 heterocycles. The second-order valence-corrected chi connectivity index (χ2v) is 6.95. The zero-order chi connectivity index (χ0) is 21.7. The molecular weight excluding hydrogens is 406 g/mol. The summed E-state index contributed by atoms with van der Waals surface area (Å²) in [6.07, 6.45) is -1.13. The molecule has 3 N–H and O–H groups in total. The Morgan fingerprint density at radius 3 is 2.77 bits per heavy atom. The predicted octanol–water partition coefficient (Wildman–Crippen LogP) is 2.10. The highest BCUT2D eigenvalue weighted by Crippen LogP contribution is 2.45. The summed E-state index contributed by atoms with van der Waals surface area (Å²) < 4.78 is 60.1. The number of aromatic nitrogens is 1. The van der Waals surface area contributed by atoms with Crippen molar-refractivity contribution in [1.29, 1.82) is 0 Å². The van der Waals surface area contributed by atoms with Gasteiger partial charge in [-0.15, -0.1) is 0 Å². The molecule has 1 aromatic rings. The normalized spacial score (nSPS) is 26.5. The van der Waals surface area contributed by atoms with Gasteiger partial charge in [-0.05, 0) is 29.3 Å². The average molecular weight is 423 g/mol. The van der Waals surface area contributed by atoms with Crippen molar-refractivity contribution in [1.82, 2.24) is 15.2 Å². The molecule has 1 aromatic heterocycles. The van der Waals surface area contributed by atoms with Crippen molar-refractivity contribution < 1.29 is 27.1 Å². The Hall–Kier alpha value is -3.37. The Balaban J connectivity index is 1.92. The third-order valence-corrected chi connectivity index (χ3v) is 5.18. The summed E-state index contributed by atoms with van der Waals surface area (Å²) >= 11 is 0. The number of guanidine groups is 1. The zero-order valence-corrected chi connectivity index (χ0v) is 15.7. The van der Waals surface area contributed by atoms with Crippen LogP contribution in [0.1, 0.15) is 17.7 Å². The van der Waals surface area contributed by atoms with Gasteiger partial charge >= 0.3 is 6.18 Å². The molecule has 7 nitrogen and oxygen atoms in total. The molecule has 30 heavy (non-hydrogen) atoms. The number of carbonyl (C=O) groups is 1. The number of aliphatic imine (C=N–C) groups is 1. The van der Waals surface area contributed by atoms with E-state index in [1.165, 1.54) is 25.5 Å². The van der Waals surface area contributed by atoms with Crippen molar-refractivity contribution in [3.05, 3.63) is 64.8 Å². The first-order chi connectivity index (χ1) is 14.1. The number of amides is 1. The van der Waals surface area contributed by atoms with E-state index >= 15 is 4.39 Å². The summed E-state index contributed by atoms with van der Waals surface area (Å²) in [5.74, 6) is -0.977. The summed E-state index contributed by atoms with van der Waals surface area (Å²) in [5.41, 5.74) is 3.37. The number of alkyl halides is 4. The first-order valence-corrected chi connectivity index (χ1v) is 8.94. The maximum atomic E-state index is 15.2. The lowest BCUT2D eigenvalue weighted by atomic mass is 9.76. The zero-order valence-electron chi connectivity index (χ0n) is 15.7. The predicted molar refractivity (Wildman–Crippen MR) is 98.2 cm³/mol. The first kappa shape index (κ1) is 19.9. The lowest BCUT2D eigenvalue weighted by Crippen LogP contribution is -2.44. The van der Waals surface area contributed by atoms with Crippen molar-refractivity contribution in [3.63, 3.8) is 0 Å². The van der Waals surface area contributed by atoms with E-state index in [9.17, 15) is 18.0 Å². The van der Waals surface area contributed by atoms with Gasteiger partial charge in [0.15, 0.2) is 18.2 Å². The number of pyridine rings is 1. The second kappa shape index (κ2) is 6.85. The van der Waals surface area contributed by atoms with Crippen molar-refractivity contribution >= 4 is 11.9 Å². The third kappa shape index (κ3) is 3.01. The molecule has 0 fully saturated rings. The van der Waals surface area contributed by atoms with Crippen LogP contribution in [0.25, 0.3) is 0 Å². The molecule has 1 aliphatic carbocycles. The number of carbonyl (C=O) groups excluding carboxylic acids is 1. The minimum Gasteiger partial charge on any atom is -0.479 e. The number of nitrogens with two attached hydrogens (primary N) is 1. The summed E-state index contributed by atoms with van der Waals surface area (Å²) in [4.78, 5) is 21.7. The number of rotatable bonds is 3. The molecule has 0 bridgehead atoms. The monoisotopic (exact) mass is 423 g/mol. The summed E-state index contributed by atoms with van der Waals surface area (Å²) in [7, 11) is 1.33. The fourth-order valence-corrected chi connectivity index (χ4v) is 3.64. The molecule has 2 aliphatic heterocycles. The molecule has 2 unspecified atom stereocenters. The van der Waals surface area contributed by atoms with Crippen molar-refractivity contribution in [2.45, 2.75) is 24.3 Å². The van der Waals surface area contributed by atoms with Gasteiger partial charge in [-0.3, -0.25) is 14.7 Å². The fraction of sp³-hybridized carbons (Fsp3) is 0.316. The van der Waals surface area contributed by atoms with Crippen LogP contribution in [0, 0.1) is 0 Å². The average Bonchev–Trinajstić information content (AvgIpc) is 3.32. The second-order valence-electron chi connectivity index (χ2n) is 6.95. The van der Waals surface area contributed by atoms with Gasteiger partial charge in [0, 0.05) is 25.2 Å². The number of hydrogen-bond donors (Lipinski definition) is 2. The lowest BCUT2D eigenvalue weighted by Gasteiger charge is -2.32. The molecule has 158 valence electrons. The van der Waals surface area contributed by atoms with E-state index in [1.54, 1.807) is 6.08 Å². The Morgan fingerprint density at radius 2 is 2.17 bits per heavy atom. The maximum absolute atomic E-state index is 15.2. The van der Waals surface area contributed by atoms with Crippen LogP contribution < -0.4 is 11.1 Å². The largest absolute Gasteiger partial charge is 0.479 e. The molecule has 0 spiro atoms. The van der Waals surface area contributed by atoms with Crippen molar-refractivity contribution in [3.8, 4) is 0 Å². The van der Waals surface area contributed by atoms with Crippen LogP contribution in [0.4, 0.5) is 17.6 Å². The van der Waals surface area contributed by atoms with Crippen LogP contribution >= 0.6 is 0 Å². The van der Waals surface area contributed by atoms with Crippen LogP contribution in [0.3, 0.4) is 0 Å². The maximum Gasteiger partial charge on any atom is 0.433 e. The van der Waals surface area contributed by atoms with E-state index < -0.39 is 29.5 Å². The van der Waals surface area contributed by atoms with Crippen LogP contribution in [0.5, 0.6) is 0 Å². The minimum atomic E-state index is -4.75. The highest BCUT2D eigenvalue weighted by Gasteiger charge is 2.54. The Labute approximate surface area is 168 Å². The van der Waals surface area contributed by atoms with Gasteiger partial charge in [-0.25, -0.2) is 9.38 Å². The summed E-state index contributed by atoms with van der Waals surface area (Å²) in [6.45, 7) is 0.228. The van der Waals surface area contributed by atoms with Crippen molar-refractivity contribution in [2.24, 2.45) is 10.7 Å². The third-order valence-electron chi connectivity index (χ3n) is 5.18. The van der Waals surface area contributed by atoms with E-state index in [-0.39, 0.29) is 30.2 Å². The standard InChI is InChI=1S/C19H17F4N5O2/c1-28-16(29)18(27-17(28)24,11-4-5-25-15(7-11)19(21,22)23)12-6-10(2-3-13(12)20)14-8-30-9-26-14/h2,4-8,13,26H,3,9H2,1H3,(H2,24,27). The molecule has 11 heteroatoms. The van der Waals surface area contributed by atoms with Crippen LogP contribution in [0.2, 0.25) is 0 Å². The Kier molecular flexibility index (Phi) is 4.55. The molecule has 2 atom stereocenters. The van der Waals surface area contributed by atoms with Gasteiger partial charge in [0.05, 0.1) is 5.70 Å². The number of halogens is 4. The SMILES string of the molecule is CN1C(=O)C(C2=CC(C3=COCN3)=CCC2F)(c2ccnc(C(F)(F)F)c2)N=C1N. The molecule has 3 aliphatic rings. The quantitative estimate of drug-likeness (QED) is 0.727. The highest BCUT2D eigenvalue weighted by atomic mass is 19.4. The minimum absolute atomic E-state index is 0.0917. The molecule has 0 saturated carbocycles. The van der Waals surface area contributed by atoms with Crippen LogP contribution in [-0.4, -0.2) is 41.7 Å². The fourth-order valence-electron chi connectivity index (χ4n) is 3.64. The van der Waals surface area contributed by atoms with Gasteiger partial charge in [-0.2, -0.15) is 13.2 Å². The van der Waals surface area contributed by atoms with Crippen LogP contribution in [0.15, 0.2) is 58.6 Å². The molecule has 0 aromatic carbocycles. The highest BCUT2D eigenvalue weighted by molar-refractivity contribution is 6.09. The van der Waals surface area contributed by atoms with E-state index in [2.05, 4.69) is 15.3 Å². The molecule has 0 radical (unpaired) electrons. The van der Waals surface area contributed by atoms with Gasteiger partial charge in [0.1, 0.15) is 18.1 Å². The van der Waals surface area contributed by atoms with Gasteiger partial charge in [0.25, 0.3) is 5.91 Å². The van der Waals surface area contributed by atoms with E-state index in [4.69, 9.17) is 10.5 Å². The number of ether oxygens (including phenoxy) is 1. The summed E-state index contributed by atoms with van der Waals surface area (Å²) in [5, 5.41) is 2.95. The first-order valence-electron chi connectivity index (χ1n) is 8.94. The van der Waals surface area contributed by atoms with E-state index in [1.807, 2.05) is 0 Å². The van der Waals surface area contributed by atoms with Crippen molar-refractivity contribution in [2.75, 3.05) is 13.8 Å². The Bertz CT molecular complexity index is 1030. The lowest BCUT2D eigenvalue weighted by molar-refractivity contribution is -0.141. The van der Waals surface area contributed by atoms with Gasteiger partial charge < -0.3 is 15.8 Å². The number of nitrogens with one attached hydrogen (secondary N) is 1. The number of likely N-dealkylation sites (N-methyl/N-ethyl adjacent to an activating group) is 1. The topological polar surface area (TPSA) is 92.8 Å². The smallest absolute Gasteiger partial charge is 0.433 e. The molecular formula is C19H17F4N5O2. The molecule has 4 rings (SSSR count). The Morgan fingerprint density at radius 1 is 1.40 bits per heavy atom. The number of nitrogens with zero attached hydrogens (tertiary/aromatic N) is 3. The van der Waals surface area contributed by atoms with Gasteiger partial charge in [-0.1, -0.05) is 6.08 Å². The molecule has 0 saturated heterocycles. The van der Waals surface area contributed by atoms with E-state index in [0.29, 0.717) is 17.3 Å². The number of allylic oxidation sites excluding steroid dienone is 2.